The number of hydrogen-bond donors (Lipinski definition) is 0. The highest BCUT2D eigenvalue weighted by Gasteiger charge is 2.58. The molecule has 37 heavy (non-hydrogen) atoms. The van der Waals surface area contributed by atoms with Gasteiger partial charge in [0.25, 0.3) is 10.1 Å². The summed E-state index contributed by atoms with van der Waals surface area (Å²) in [7, 11) is -3.32. The molecule has 0 N–H and O–H groups in total. The van der Waals surface area contributed by atoms with Crippen LogP contribution in [0, 0.1) is 35.0 Å². The molecule has 0 heterocycles. The molecule has 7 heteroatoms. The number of hydrogen-bond acceptors (Lipinski definition) is 6. The fourth-order valence-electron chi connectivity index (χ4n) is 8.51. The summed E-state index contributed by atoms with van der Waals surface area (Å²) >= 11 is 0. The first kappa shape index (κ1) is 28.8. The first-order chi connectivity index (χ1) is 17.6. The van der Waals surface area contributed by atoms with Crippen molar-refractivity contribution in [2.24, 2.45) is 35.0 Å². The first-order valence-corrected chi connectivity index (χ1v) is 16.6. The van der Waals surface area contributed by atoms with E-state index in [1.165, 1.54) is 44.1 Å². The van der Waals surface area contributed by atoms with Gasteiger partial charge in [-0.05, 0) is 74.5 Å². The van der Waals surface area contributed by atoms with E-state index in [1.54, 1.807) is 6.92 Å². The summed E-state index contributed by atoms with van der Waals surface area (Å²) in [4.78, 5) is 24.1. The summed E-state index contributed by atoms with van der Waals surface area (Å²) in [5.41, 5.74) is 1.53. The molecule has 3 saturated carbocycles. The molecule has 0 aromatic carbocycles. The van der Waals surface area contributed by atoms with Crippen LogP contribution in [-0.2, 0) is 28.6 Å². The minimum atomic E-state index is -3.32. The minimum absolute atomic E-state index is 0.0535. The number of rotatable bonds is 12. The first-order valence-electron chi connectivity index (χ1n) is 14.8. The van der Waals surface area contributed by atoms with Crippen LogP contribution in [0.25, 0.3) is 0 Å². The summed E-state index contributed by atoms with van der Waals surface area (Å²) in [5.74, 6) is 3.32. The van der Waals surface area contributed by atoms with E-state index in [0.29, 0.717) is 48.4 Å². The zero-order valence-electron chi connectivity index (χ0n) is 23.2. The Bertz CT molecular complexity index is 955. The van der Waals surface area contributed by atoms with Gasteiger partial charge in [0, 0.05) is 25.2 Å². The molecule has 6 nitrogen and oxygen atoms in total. The number of carbonyl (C=O) groups is 2. The standard InChI is InChI=1S/C30H48O6S/c1-21(31)36-28-15-14-27-29-22(11-9-7-5-4-6-8-10-18-35-37(3,33)34)19-23-20-24(32)12-13-25(23)26(29)16-17-30(27,28)2/h19,22,25-29H,4-18,20H2,1-3H3/t22?,25?,26?,27?,28-,29?,30-/m0/s1. The van der Waals surface area contributed by atoms with E-state index in [4.69, 9.17) is 8.92 Å². The normalized spacial score (nSPS) is 35.3. The number of unbranched alkanes of at least 4 members (excludes halogenated alkanes) is 6. The molecule has 4 aliphatic rings. The van der Waals surface area contributed by atoms with Crippen LogP contribution in [0.1, 0.15) is 110 Å². The van der Waals surface area contributed by atoms with E-state index in [0.717, 1.165) is 57.6 Å². The van der Waals surface area contributed by atoms with Crippen LogP contribution in [0.3, 0.4) is 0 Å². The second kappa shape index (κ2) is 12.3. The van der Waals surface area contributed by atoms with Gasteiger partial charge in [-0.1, -0.05) is 57.1 Å². The smallest absolute Gasteiger partial charge is 0.302 e. The van der Waals surface area contributed by atoms with Crippen molar-refractivity contribution in [2.75, 3.05) is 12.9 Å². The summed E-state index contributed by atoms with van der Waals surface area (Å²) in [6, 6.07) is 0. The van der Waals surface area contributed by atoms with Crippen molar-refractivity contribution in [1.29, 1.82) is 0 Å². The quantitative estimate of drug-likeness (QED) is 0.124. The fourth-order valence-corrected chi connectivity index (χ4v) is 8.93. The molecule has 0 bridgehead atoms. The highest BCUT2D eigenvalue weighted by Crippen LogP contribution is 2.63. The van der Waals surface area contributed by atoms with Crippen molar-refractivity contribution in [3.05, 3.63) is 11.6 Å². The SMILES string of the molecule is CC(=O)O[C@H]1CCC2C3C(CCCCCCCCCOS(C)(=O)=O)C=C4CC(=O)CCC4C3CC[C@@]21C. The number of fused-ring (bicyclic) bond motifs is 5. The van der Waals surface area contributed by atoms with Gasteiger partial charge < -0.3 is 4.74 Å². The molecule has 0 saturated heterocycles. The minimum Gasteiger partial charge on any atom is -0.462 e. The Balaban J connectivity index is 1.33. The highest BCUT2D eigenvalue weighted by molar-refractivity contribution is 7.85. The van der Waals surface area contributed by atoms with Crippen LogP contribution in [0.15, 0.2) is 11.6 Å². The van der Waals surface area contributed by atoms with Gasteiger partial charge >= 0.3 is 5.97 Å². The molecule has 0 amide bonds. The number of ether oxygens (including phenoxy) is 1. The lowest BCUT2D eigenvalue weighted by atomic mass is 9.50. The Morgan fingerprint density at radius 1 is 1.03 bits per heavy atom. The van der Waals surface area contributed by atoms with E-state index >= 15 is 0 Å². The molecular formula is C30H48O6S. The van der Waals surface area contributed by atoms with Gasteiger partial charge in [0.05, 0.1) is 12.9 Å². The molecule has 5 unspecified atom stereocenters. The van der Waals surface area contributed by atoms with E-state index < -0.39 is 10.1 Å². The highest BCUT2D eigenvalue weighted by atomic mass is 32.2. The molecule has 0 aromatic rings. The molecule has 0 aliphatic heterocycles. The summed E-state index contributed by atoms with van der Waals surface area (Å²) in [6.45, 7) is 4.22. The van der Waals surface area contributed by atoms with E-state index in [-0.39, 0.29) is 17.5 Å². The van der Waals surface area contributed by atoms with Crippen molar-refractivity contribution in [1.82, 2.24) is 0 Å². The maximum Gasteiger partial charge on any atom is 0.302 e. The Hall–Kier alpha value is -1.21. The van der Waals surface area contributed by atoms with Gasteiger partial charge in [-0.3, -0.25) is 13.8 Å². The summed E-state index contributed by atoms with van der Waals surface area (Å²) in [5, 5.41) is 0. The molecule has 0 aromatic heterocycles. The lowest BCUT2D eigenvalue weighted by molar-refractivity contribution is -0.156. The predicted molar refractivity (Wildman–Crippen MR) is 144 cm³/mol. The van der Waals surface area contributed by atoms with Crippen molar-refractivity contribution in [2.45, 2.75) is 116 Å². The lowest BCUT2D eigenvalue weighted by Crippen LogP contribution is -2.50. The van der Waals surface area contributed by atoms with E-state index in [2.05, 4.69) is 13.0 Å². The Labute approximate surface area is 224 Å². The monoisotopic (exact) mass is 536 g/mol. The molecule has 4 rings (SSSR count). The average molecular weight is 537 g/mol. The lowest BCUT2D eigenvalue weighted by Gasteiger charge is -2.55. The Morgan fingerprint density at radius 3 is 2.43 bits per heavy atom. The maximum atomic E-state index is 12.3. The number of ketones is 1. The van der Waals surface area contributed by atoms with Crippen LogP contribution in [0.5, 0.6) is 0 Å². The van der Waals surface area contributed by atoms with Crippen molar-refractivity contribution in [3.8, 4) is 0 Å². The van der Waals surface area contributed by atoms with Gasteiger partial charge in [-0.2, -0.15) is 8.42 Å². The van der Waals surface area contributed by atoms with Gasteiger partial charge in [-0.15, -0.1) is 0 Å². The zero-order chi connectivity index (χ0) is 26.6. The fraction of sp³-hybridized carbons (Fsp3) is 0.867. The van der Waals surface area contributed by atoms with Crippen molar-refractivity contribution < 1.29 is 26.9 Å². The third kappa shape index (κ3) is 7.06. The number of carbonyl (C=O) groups excluding carboxylic acids is 2. The van der Waals surface area contributed by atoms with Crippen molar-refractivity contribution in [3.63, 3.8) is 0 Å². The van der Waals surface area contributed by atoms with Gasteiger partial charge in [0.1, 0.15) is 11.9 Å². The topological polar surface area (TPSA) is 86.7 Å². The third-order valence-electron chi connectivity index (χ3n) is 10.1. The van der Waals surface area contributed by atoms with E-state index in [9.17, 15) is 18.0 Å². The molecule has 3 fully saturated rings. The van der Waals surface area contributed by atoms with Crippen LogP contribution in [0.2, 0.25) is 0 Å². The van der Waals surface area contributed by atoms with Crippen LogP contribution in [-0.4, -0.2) is 39.1 Å². The van der Waals surface area contributed by atoms with Crippen LogP contribution in [0.4, 0.5) is 0 Å². The number of esters is 1. The zero-order valence-corrected chi connectivity index (χ0v) is 24.0. The Kier molecular flexibility index (Phi) is 9.58. The predicted octanol–water partition coefficient (Wildman–Crippen LogP) is 6.38. The molecule has 0 spiro atoms. The molecule has 4 aliphatic carbocycles. The van der Waals surface area contributed by atoms with Gasteiger partial charge in [0.2, 0.25) is 0 Å². The summed E-state index contributed by atoms with van der Waals surface area (Å²) < 4.78 is 32.7. The summed E-state index contributed by atoms with van der Waals surface area (Å²) in [6.07, 6.45) is 19.6. The maximum absolute atomic E-state index is 12.3. The number of allylic oxidation sites excluding steroid dienone is 2. The molecule has 7 atom stereocenters. The van der Waals surface area contributed by atoms with Crippen LogP contribution < -0.4 is 0 Å². The molecular weight excluding hydrogens is 488 g/mol. The average Bonchev–Trinajstić information content (AvgIpc) is 3.14. The largest absolute Gasteiger partial charge is 0.462 e. The van der Waals surface area contributed by atoms with Crippen LogP contribution >= 0.6 is 0 Å². The van der Waals surface area contributed by atoms with Crippen molar-refractivity contribution >= 4 is 21.9 Å². The second-order valence-electron chi connectivity index (χ2n) is 12.6. The molecule has 0 radical (unpaired) electrons. The molecule has 210 valence electrons. The Morgan fingerprint density at radius 2 is 1.73 bits per heavy atom. The van der Waals surface area contributed by atoms with Gasteiger partial charge in [-0.25, -0.2) is 0 Å². The van der Waals surface area contributed by atoms with Gasteiger partial charge in [0.15, 0.2) is 0 Å². The third-order valence-corrected chi connectivity index (χ3v) is 10.7. The second-order valence-corrected chi connectivity index (χ2v) is 14.3. The van der Waals surface area contributed by atoms with E-state index in [1.807, 2.05) is 0 Å². The number of Topliss-reactive ketones (excluding diaryl/α,β-unsaturated/α-hetero) is 1.